The molecule has 0 radical (unpaired) electrons. The number of hydrogen-bond donors (Lipinski definition) is 0. The monoisotopic (exact) mass is 257 g/mol. The number of rotatable bonds is 0. The van der Waals surface area contributed by atoms with Gasteiger partial charge in [-0.05, 0) is 30.9 Å². The third kappa shape index (κ3) is 2.66. The molecule has 1 aromatic carbocycles. The van der Waals surface area contributed by atoms with E-state index in [2.05, 4.69) is 0 Å². The summed E-state index contributed by atoms with van der Waals surface area (Å²) < 4.78 is 37.7. The van der Waals surface area contributed by atoms with Crippen molar-refractivity contribution in [3.63, 3.8) is 0 Å². The molecule has 18 heavy (non-hydrogen) atoms. The van der Waals surface area contributed by atoms with E-state index in [1.54, 1.807) is 24.3 Å². The minimum absolute atomic E-state index is 0.134. The largest absolute Gasteiger partial charge is 0.471 e. The van der Waals surface area contributed by atoms with Gasteiger partial charge in [-0.2, -0.15) is 13.2 Å². The molecule has 0 saturated carbocycles. The zero-order valence-electron chi connectivity index (χ0n) is 9.83. The molecule has 1 amide bonds. The third-order valence-electron chi connectivity index (χ3n) is 3.10. The van der Waals surface area contributed by atoms with E-state index >= 15 is 0 Å². The lowest BCUT2D eigenvalue weighted by Crippen LogP contribution is -2.42. The van der Waals surface area contributed by atoms with Crippen molar-refractivity contribution in [3.05, 3.63) is 29.8 Å². The Morgan fingerprint density at radius 3 is 2.56 bits per heavy atom. The number of carbonyl (C=O) groups is 1. The molecule has 1 aliphatic rings. The van der Waals surface area contributed by atoms with Gasteiger partial charge in [0.25, 0.3) is 0 Å². The highest BCUT2D eigenvalue weighted by molar-refractivity contribution is 5.98. The van der Waals surface area contributed by atoms with Crippen molar-refractivity contribution < 1.29 is 18.0 Å². The van der Waals surface area contributed by atoms with E-state index in [1.165, 1.54) is 0 Å². The van der Waals surface area contributed by atoms with Crippen LogP contribution in [0.25, 0.3) is 0 Å². The molecule has 5 heteroatoms. The molecular formula is C13H14F3NO. The highest BCUT2D eigenvalue weighted by Gasteiger charge is 2.43. The molecule has 0 spiro atoms. The number of benzene rings is 1. The molecule has 0 bridgehead atoms. The van der Waals surface area contributed by atoms with Crippen molar-refractivity contribution in [1.82, 2.24) is 0 Å². The summed E-state index contributed by atoms with van der Waals surface area (Å²) in [5.74, 6) is -1.77. The average Bonchev–Trinajstić information content (AvgIpc) is 2.28. The molecule has 0 unspecified atom stereocenters. The second-order valence-corrected chi connectivity index (χ2v) is 4.39. The number of anilines is 1. The first-order valence-corrected chi connectivity index (χ1v) is 5.97. The molecule has 98 valence electrons. The van der Waals surface area contributed by atoms with Gasteiger partial charge in [-0.25, -0.2) is 0 Å². The number of carbonyl (C=O) groups excluding carboxylic acids is 1. The highest BCUT2D eigenvalue weighted by Crippen LogP contribution is 2.29. The maximum atomic E-state index is 12.6. The van der Waals surface area contributed by atoms with Gasteiger partial charge in [-0.1, -0.05) is 24.6 Å². The molecule has 0 atom stereocenters. The van der Waals surface area contributed by atoms with E-state index in [1.807, 2.05) is 0 Å². The molecule has 0 N–H and O–H groups in total. The standard InChI is InChI=1S/C13H14F3NO/c14-13(15,16)12(18)17-9-5-1-2-6-10-7-3-4-8-11(10)17/h3-4,7-8H,1-2,5-6,9H2. The predicted octanol–water partition coefficient (Wildman–Crippen LogP) is 3.31. The Hall–Kier alpha value is -1.52. The van der Waals surface area contributed by atoms with Gasteiger partial charge in [0.2, 0.25) is 0 Å². The lowest BCUT2D eigenvalue weighted by atomic mass is 10.0. The van der Waals surface area contributed by atoms with Crippen LogP contribution in [0.1, 0.15) is 24.8 Å². The SMILES string of the molecule is O=C(N1CCCCCc2ccccc21)C(F)(F)F. The quantitative estimate of drug-likeness (QED) is 0.698. The van der Waals surface area contributed by atoms with E-state index in [9.17, 15) is 18.0 Å². The van der Waals surface area contributed by atoms with Crippen LogP contribution < -0.4 is 4.90 Å². The van der Waals surface area contributed by atoms with Gasteiger partial charge < -0.3 is 4.90 Å². The van der Waals surface area contributed by atoms with Crippen LogP contribution in [0.4, 0.5) is 18.9 Å². The molecule has 1 aromatic rings. The fourth-order valence-corrected chi connectivity index (χ4v) is 2.23. The molecule has 0 saturated heterocycles. The fourth-order valence-electron chi connectivity index (χ4n) is 2.23. The number of amides is 1. The van der Waals surface area contributed by atoms with Gasteiger partial charge in [0.1, 0.15) is 0 Å². The Labute approximate surface area is 103 Å². The van der Waals surface area contributed by atoms with Gasteiger partial charge >= 0.3 is 12.1 Å². The smallest absolute Gasteiger partial charge is 0.304 e. The first-order valence-electron chi connectivity index (χ1n) is 5.97. The van der Waals surface area contributed by atoms with E-state index in [0.29, 0.717) is 12.1 Å². The first-order chi connectivity index (χ1) is 8.50. The van der Waals surface area contributed by atoms with Crippen LogP contribution in [0.2, 0.25) is 0 Å². The summed E-state index contributed by atoms with van der Waals surface area (Å²) >= 11 is 0. The van der Waals surface area contributed by atoms with E-state index < -0.39 is 12.1 Å². The summed E-state index contributed by atoms with van der Waals surface area (Å²) in [5, 5.41) is 0. The molecule has 0 aliphatic carbocycles. The van der Waals surface area contributed by atoms with E-state index in [0.717, 1.165) is 29.7 Å². The van der Waals surface area contributed by atoms with Crippen LogP contribution in [0.5, 0.6) is 0 Å². The molecule has 1 heterocycles. The summed E-state index contributed by atoms with van der Waals surface area (Å²) in [6.45, 7) is 0.134. The Kier molecular flexibility index (Phi) is 3.59. The molecule has 0 fully saturated rings. The van der Waals surface area contributed by atoms with Gasteiger partial charge in [-0.3, -0.25) is 4.79 Å². The minimum atomic E-state index is -4.81. The van der Waals surface area contributed by atoms with Crippen LogP contribution in [-0.2, 0) is 11.2 Å². The van der Waals surface area contributed by atoms with Crippen molar-refractivity contribution in [2.24, 2.45) is 0 Å². The lowest BCUT2D eigenvalue weighted by Gasteiger charge is -2.27. The second kappa shape index (κ2) is 5.00. The van der Waals surface area contributed by atoms with Crippen molar-refractivity contribution in [2.45, 2.75) is 31.9 Å². The Balaban J connectivity index is 2.38. The summed E-state index contributed by atoms with van der Waals surface area (Å²) in [6, 6.07) is 6.83. The fraction of sp³-hybridized carbons (Fsp3) is 0.462. The number of halogens is 3. The van der Waals surface area contributed by atoms with Crippen LogP contribution in [0, 0.1) is 0 Å². The van der Waals surface area contributed by atoms with Crippen LogP contribution in [-0.4, -0.2) is 18.6 Å². The Morgan fingerprint density at radius 2 is 1.83 bits per heavy atom. The average molecular weight is 257 g/mol. The number of aryl methyl sites for hydroxylation is 1. The third-order valence-corrected chi connectivity index (χ3v) is 3.10. The maximum Gasteiger partial charge on any atom is 0.471 e. The number of fused-ring (bicyclic) bond motifs is 1. The second-order valence-electron chi connectivity index (χ2n) is 4.39. The van der Waals surface area contributed by atoms with Crippen LogP contribution in [0.3, 0.4) is 0 Å². The van der Waals surface area contributed by atoms with Gasteiger partial charge in [0.05, 0.1) is 0 Å². The number of alkyl halides is 3. The van der Waals surface area contributed by atoms with Crippen molar-refractivity contribution in [2.75, 3.05) is 11.4 Å². The predicted molar refractivity (Wildman–Crippen MR) is 62.4 cm³/mol. The van der Waals surface area contributed by atoms with Crippen molar-refractivity contribution in [3.8, 4) is 0 Å². The van der Waals surface area contributed by atoms with E-state index in [-0.39, 0.29) is 6.54 Å². The number of para-hydroxylation sites is 1. The first kappa shape index (κ1) is 12.9. The maximum absolute atomic E-state index is 12.6. The summed E-state index contributed by atoms with van der Waals surface area (Å²) in [6.07, 6.45) is -1.69. The Bertz CT molecular complexity index is 442. The summed E-state index contributed by atoms with van der Waals surface area (Å²) in [4.78, 5) is 12.3. The zero-order valence-corrected chi connectivity index (χ0v) is 9.83. The zero-order chi connectivity index (χ0) is 13.2. The van der Waals surface area contributed by atoms with Crippen LogP contribution >= 0.6 is 0 Å². The summed E-state index contributed by atoms with van der Waals surface area (Å²) in [5.41, 5.74) is 1.22. The van der Waals surface area contributed by atoms with E-state index in [4.69, 9.17) is 0 Å². The molecule has 1 aliphatic heterocycles. The van der Waals surface area contributed by atoms with Crippen LogP contribution in [0.15, 0.2) is 24.3 Å². The number of hydrogen-bond acceptors (Lipinski definition) is 1. The lowest BCUT2D eigenvalue weighted by molar-refractivity contribution is -0.170. The Morgan fingerprint density at radius 1 is 1.11 bits per heavy atom. The minimum Gasteiger partial charge on any atom is -0.304 e. The summed E-state index contributed by atoms with van der Waals surface area (Å²) in [7, 11) is 0. The topological polar surface area (TPSA) is 20.3 Å². The number of nitrogens with zero attached hydrogens (tertiary/aromatic N) is 1. The molecule has 2 nitrogen and oxygen atoms in total. The highest BCUT2D eigenvalue weighted by atomic mass is 19.4. The van der Waals surface area contributed by atoms with Crippen molar-refractivity contribution in [1.29, 1.82) is 0 Å². The normalized spacial score (nSPS) is 16.7. The van der Waals surface area contributed by atoms with Crippen molar-refractivity contribution >= 4 is 11.6 Å². The van der Waals surface area contributed by atoms with Gasteiger partial charge in [-0.15, -0.1) is 0 Å². The molecule has 0 aromatic heterocycles. The van der Waals surface area contributed by atoms with Gasteiger partial charge in [0, 0.05) is 12.2 Å². The molecule has 2 rings (SSSR count). The van der Waals surface area contributed by atoms with Gasteiger partial charge in [0.15, 0.2) is 0 Å². The molecular weight excluding hydrogens is 243 g/mol.